The molecule has 1 saturated heterocycles. The van der Waals surface area contributed by atoms with E-state index in [9.17, 15) is 4.39 Å². The molecule has 1 aromatic rings. The molecule has 0 bridgehead atoms. The first kappa shape index (κ1) is 10.6. The molecule has 1 aliphatic rings. The van der Waals surface area contributed by atoms with Gasteiger partial charge < -0.3 is 4.90 Å². The van der Waals surface area contributed by atoms with Crippen molar-refractivity contribution in [2.45, 2.75) is 19.3 Å². The molecular formula is C13H19FN+. The van der Waals surface area contributed by atoms with Crippen molar-refractivity contribution in [3.05, 3.63) is 35.6 Å². The topological polar surface area (TPSA) is 4.44 Å². The number of hydrogen-bond donors (Lipinski definition) is 1. The minimum Gasteiger partial charge on any atom is -0.337 e. The van der Waals surface area contributed by atoms with Crippen LogP contribution in [0, 0.1) is 11.7 Å². The van der Waals surface area contributed by atoms with Crippen LogP contribution in [0.2, 0.25) is 0 Å². The standard InChI is InChI=1S/C13H18FN/c1-15-8-6-12(7-9-15)10-11-2-4-13(14)5-3-11/h2-5,12H,6-10H2,1H3/p+1. The van der Waals surface area contributed by atoms with Crippen LogP contribution in [0.4, 0.5) is 4.39 Å². The van der Waals surface area contributed by atoms with E-state index in [0.717, 1.165) is 12.3 Å². The van der Waals surface area contributed by atoms with Crippen LogP contribution in [0.5, 0.6) is 0 Å². The molecular weight excluding hydrogens is 189 g/mol. The van der Waals surface area contributed by atoms with Crippen molar-refractivity contribution >= 4 is 0 Å². The number of likely N-dealkylation sites (tertiary alicyclic amines) is 1. The third-order valence-electron chi connectivity index (χ3n) is 3.40. The SMILES string of the molecule is C[NH+]1CCC(Cc2ccc(F)cc2)CC1. The fourth-order valence-electron chi connectivity index (χ4n) is 2.33. The molecule has 0 spiro atoms. The van der Waals surface area contributed by atoms with Gasteiger partial charge in [0.05, 0.1) is 20.1 Å². The molecule has 1 aromatic carbocycles. The number of halogens is 1. The number of piperidine rings is 1. The van der Waals surface area contributed by atoms with Gasteiger partial charge in [-0.15, -0.1) is 0 Å². The van der Waals surface area contributed by atoms with Gasteiger partial charge in [0.25, 0.3) is 0 Å². The van der Waals surface area contributed by atoms with Crippen LogP contribution in [-0.4, -0.2) is 20.1 Å². The molecule has 82 valence electrons. The number of hydrogen-bond acceptors (Lipinski definition) is 0. The monoisotopic (exact) mass is 208 g/mol. The maximum absolute atomic E-state index is 12.7. The van der Waals surface area contributed by atoms with Crippen molar-refractivity contribution in [1.29, 1.82) is 0 Å². The molecule has 1 N–H and O–H groups in total. The minimum absolute atomic E-state index is 0.133. The largest absolute Gasteiger partial charge is 0.337 e. The Bertz CT molecular complexity index is 299. The predicted octanol–water partition coefficient (Wildman–Crippen LogP) is 1.29. The van der Waals surface area contributed by atoms with E-state index >= 15 is 0 Å². The highest BCUT2D eigenvalue weighted by Gasteiger charge is 2.19. The Morgan fingerprint density at radius 3 is 2.40 bits per heavy atom. The summed E-state index contributed by atoms with van der Waals surface area (Å²) in [7, 11) is 2.26. The molecule has 0 atom stereocenters. The summed E-state index contributed by atoms with van der Waals surface area (Å²) in [6.45, 7) is 2.57. The van der Waals surface area contributed by atoms with Crippen molar-refractivity contribution in [3.8, 4) is 0 Å². The average molecular weight is 208 g/mol. The Balaban J connectivity index is 1.89. The summed E-state index contributed by atoms with van der Waals surface area (Å²) in [5.74, 6) is 0.672. The molecule has 15 heavy (non-hydrogen) atoms. The van der Waals surface area contributed by atoms with E-state index in [2.05, 4.69) is 7.05 Å². The molecule has 0 saturated carbocycles. The lowest BCUT2D eigenvalue weighted by Crippen LogP contribution is -3.10. The lowest BCUT2D eigenvalue weighted by molar-refractivity contribution is -0.886. The smallest absolute Gasteiger partial charge is 0.123 e. The zero-order chi connectivity index (χ0) is 10.7. The zero-order valence-electron chi connectivity index (χ0n) is 9.30. The van der Waals surface area contributed by atoms with Crippen LogP contribution in [0.1, 0.15) is 18.4 Å². The first-order valence-corrected chi connectivity index (χ1v) is 5.80. The molecule has 0 radical (unpaired) electrons. The summed E-state index contributed by atoms with van der Waals surface area (Å²) >= 11 is 0. The lowest BCUT2D eigenvalue weighted by atomic mass is 9.90. The van der Waals surface area contributed by atoms with Gasteiger partial charge in [0.2, 0.25) is 0 Å². The van der Waals surface area contributed by atoms with E-state index in [1.54, 1.807) is 17.0 Å². The first-order valence-electron chi connectivity index (χ1n) is 5.80. The second-order valence-corrected chi connectivity index (χ2v) is 4.73. The van der Waals surface area contributed by atoms with Gasteiger partial charge in [-0.1, -0.05) is 12.1 Å². The summed E-state index contributed by atoms with van der Waals surface area (Å²) in [5, 5.41) is 0. The average Bonchev–Trinajstić information content (AvgIpc) is 2.25. The molecule has 1 fully saturated rings. The highest BCUT2D eigenvalue weighted by atomic mass is 19.1. The van der Waals surface area contributed by atoms with Gasteiger partial charge in [-0.25, -0.2) is 4.39 Å². The third-order valence-corrected chi connectivity index (χ3v) is 3.40. The van der Waals surface area contributed by atoms with Gasteiger partial charge in [0.15, 0.2) is 0 Å². The van der Waals surface area contributed by atoms with Crippen LogP contribution in [-0.2, 0) is 6.42 Å². The Kier molecular flexibility index (Phi) is 3.37. The molecule has 1 heterocycles. The fraction of sp³-hybridized carbons (Fsp3) is 0.538. The number of quaternary nitrogens is 1. The first-order chi connectivity index (χ1) is 7.24. The van der Waals surface area contributed by atoms with Crippen LogP contribution >= 0.6 is 0 Å². The molecule has 0 aliphatic carbocycles. The second-order valence-electron chi connectivity index (χ2n) is 4.73. The van der Waals surface area contributed by atoms with E-state index in [1.165, 1.54) is 31.5 Å². The highest BCUT2D eigenvalue weighted by Crippen LogP contribution is 2.16. The van der Waals surface area contributed by atoms with Crippen LogP contribution in [0.3, 0.4) is 0 Å². The van der Waals surface area contributed by atoms with Gasteiger partial charge in [-0.05, 0) is 42.9 Å². The van der Waals surface area contributed by atoms with Crippen molar-refractivity contribution in [2.24, 2.45) is 5.92 Å². The van der Waals surface area contributed by atoms with Crippen molar-refractivity contribution in [1.82, 2.24) is 0 Å². The normalized spacial score (nSPS) is 26.5. The summed E-state index contributed by atoms with van der Waals surface area (Å²) in [5.41, 5.74) is 1.28. The summed E-state index contributed by atoms with van der Waals surface area (Å²) in [4.78, 5) is 1.64. The van der Waals surface area contributed by atoms with Gasteiger partial charge >= 0.3 is 0 Å². The van der Waals surface area contributed by atoms with Crippen molar-refractivity contribution < 1.29 is 9.29 Å². The highest BCUT2D eigenvalue weighted by molar-refractivity contribution is 5.16. The Morgan fingerprint density at radius 2 is 1.80 bits per heavy atom. The van der Waals surface area contributed by atoms with Gasteiger partial charge in [0, 0.05) is 0 Å². The summed E-state index contributed by atoms with van der Waals surface area (Å²) in [6, 6.07) is 6.96. The number of nitrogens with one attached hydrogen (secondary N) is 1. The molecule has 0 amide bonds. The summed E-state index contributed by atoms with van der Waals surface area (Å²) in [6.07, 6.45) is 3.74. The van der Waals surface area contributed by atoms with Gasteiger partial charge in [0.1, 0.15) is 5.82 Å². The lowest BCUT2D eigenvalue weighted by Gasteiger charge is -2.26. The molecule has 0 aromatic heterocycles. The van der Waals surface area contributed by atoms with E-state index in [-0.39, 0.29) is 5.82 Å². The Labute approximate surface area is 90.9 Å². The number of rotatable bonds is 2. The third kappa shape index (κ3) is 3.03. The predicted molar refractivity (Wildman–Crippen MR) is 59.4 cm³/mol. The van der Waals surface area contributed by atoms with Crippen LogP contribution in [0.15, 0.2) is 24.3 Å². The fourth-order valence-corrected chi connectivity index (χ4v) is 2.33. The molecule has 1 nitrogen and oxygen atoms in total. The maximum atomic E-state index is 12.7. The molecule has 0 unspecified atom stereocenters. The zero-order valence-corrected chi connectivity index (χ0v) is 9.30. The van der Waals surface area contributed by atoms with E-state index in [4.69, 9.17) is 0 Å². The summed E-state index contributed by atoms with van der Waals surface area (Å²) < 4.78 is 12.7. The Morgan fingerprint density at radius 1 is 1.20 bits per heavy atom. The van der Waals surface area contributed by atoms with Gasteiger partial charge in [-0.2, -0.15) is 0 Å². The Hall–Kier alpha value is -0.890. The molecule has 1 aliphatic heterocycles. The van der Waals surface area contributed by atoms with E-state index in [1.807, 2.05) is 12.1 Å². The van der Waals surface area contributed by atoms with Crippen molar-refractivity contribution in [2.75, 3.05) is 20.1 Å². The van der Waals surface area contributed by atoms with E-state index in [0.29, 0.717) is 0 Å². The van der Waals surface area contributed by atoms with Crippen LogP contribution < -0.4 is 4.90 Å². The van der Waals surface area contributed by atoms with Gasteiger partial charge in [-0.3, -0.25) is 0 Å². The van der Waals surface area contributed by atoms with E-state index < -0.39 is 0 Å². The van der Waals surface area contributed by atoms with Crippen LogP contribution in [0.25, 0.3) is 0 Å². The van der Waals surface area contributed by atoms with Crippen molar-refractivity contribution in [3.63, 3.8) is 0 Å². The quantitative estimate of drug-likeness (QED) is 0.747. The second kappa shape index (κ2) is 4.75. The minimum atomic E-state index is -0.133. The number of benzene rings is 1. The molecule has 2 heteroatoms. The molecule has 2 rings (SSSR count). The maximum Gasteiger partial charge on any atom is 0.123 e.